The maximum Gasteiger partial charge on any atom is 0.119 e. The highest BCUT2D eigenvalue weighted by atomic mass is 35.5. The van der Waals surface area contributed by atoms with Gasteiger partial charge in [0.05, 0.1) is 19.0 Å². The zero-order chi connectivity index (χ0) is 30.2. The second-order valence-corrected chi connectivity index (χ2v) is 10.3. The Kier molecular flexibility index (Phi) is 15.1. The van der Waals surface area contributed by atoms with E-state index in [1.165, 1.54) is 33.3 Å². The maximum atomic E-state index is 9.67. The largest absolute Gasteiger partial charge is 0.516 e. The van der Waals surface area contributed by atoms with Gasteiger partial charge in [0, 0.05) is 54.7 Å². The molecule has 2 atom stereocenters. The Balaban J connectivity index is 0.000000901. The van der Waals surface area contributed by atoms with Crippen molar-refractivity contribution in [1.29, 1.82) is 0 Å². The zero-order valence-corrected chi connectivity index (χ0v) is 25.5. The van der Waals surface area contributed by atoms with E-state index in [-0.39, 0.29) is 12.5 Å². The molecule has 222 valence electrons. The number of nitrogens with two attached hydrogens (primary N) is 1. The second-order valence-electron chi connectivity index (χ2n) is 9.89. The van der Waals surface area contributed by atoms with Crippen LogP contribution < -0.4 is 10.5 Å². The minimum Gasteiger partial charge on any atom is -0.516 e. The smallest absolute Gasteiger partial charge is 0.119 e. The molecule has 1 aromatic heterocycles. The third-order valence-electron chi connectivity index (χ3n) is 6.58. The number of nitrogens with one attached hydrogen (secondary N) is 1. The van der Waals surface area contributed by atoms with Crippen molar-refractivity contribution >= 4 is 22.5 Å². The summed E-state index contributed by atoms with van der Waals surface area (Å²) in [6.45, 7) is 7.94. The van der Waals surface area contributed by atoms with Crippen LogP contribution >= 0.6 is 11.6 Å². The number of halogens is 1. The molecule has 0 aliphatic rings. The number of aryl methyl sites for hydroxylation is 2. The molecule has 3 aromatic carbocycles. The standard InChI is InChI=1S/C30H35ClN2O2.C2H6O.C2H4O/c1-3-4-26-28-18-23(31)11-14-29(28)33-30(26)27(17-21-7-5-20(2)6-8-21)22-9-12-25(13-10-22)35-16-15-24(34)19-32;1-3-2;1-2-3/h5-14,18,24,27,33-34H,3-4,15-17,19,32H2,1-2H3;1-2H3;2-3H,1H2. The number of fused-ring (bicyclic) bond motifs is 1. The van der Waals surface area contributed by atoms with Gasteiger partial charge in [-0.3, -0.25) is 0 Å². The zero-order valence-electron chi connectivity index (χ0n) is 24.7. The molecule has 0 fully saturated rings. The molecule has 4 aromatic rings. The Hall–Kier alpha value is -3.29. The summed E-state index contributed by atoms with van der Waals surface area (Å²) in [5.41, 5.74) is 13.0. The van der Waals surface area contributed by atoms with E-state index >= 15 is 0 Å². The lowest BCUT2D eigenvalue weighted by atomic mass is 9.86. The van der Waals surface area contributed by atoms with E-state index in [1.807, 2.05) is 18.2 Å². The molecule has 41 heavy (non-hydrogen) atoms. The van der Waals surface area contributed by atoms with Gasteiger partial charge in [0.1, 0.15) is 5.75 Å². The molecule has 0 saturated carbocycles. The predicted molar refractivity (Wildman–Crippen MR) is 171 cm³/mol. The summed E-state index contributed by atoms with van der Waals surface area (Å²) < 4.78 is 10.1. The summed E-state index contributed by atoms with van der Waals surface area (Å²) in [5.74, 6) is 0.961. The molecule has 1 heterocycles. The van der Waals surface area contributed by atoms with Crippen LogP contribution in [0.4, 0.5) is 0 Å². The minimum absolute atomic E-state index is 0.165. The van der Waals surface area contributed by atoms with Crippen molar-refractivity contribution in [1.82, 2.24) is 4.98 Å². The fourth-order valence-corrected chi connectivity index (χ4v) is 4.80. The number of aromatic nitrogens is 1. The third kappa shape index (κ3) is 10.6. The Labute approximate surface area is 249 Å². The first-order valence-electron chi connectivity index (χ1n) is 13.9. The summed E-state index contributed by atoms with van der Waals surface area (Å²) in [5, 5.41) is 19.0. The van der Waals surface area contributed by atoms with Crippen molar-refractivity contribution in [2.45, 2.75) is 51.6 Å². The van der Waals surface area contributed by atoms with Crippen LogP contribution in [0.2, 0.25) is 5.02 Å². The maximum absolute atomic E-state index is 9.67. The Morgan fingerprint density at radius 1 is 1.05 bits per heavy atom. The highest BCUT2D eigenvalue weighted by molar-refractivity contribution is 6.31. The number of benzene rings is 3. The molecule has 4 rings (SSSR count). The summed E-state index contributed by atoms with van der Waals surface area (Å²) in [7, 11) is 3.25. The van der Waals surface area contributed by atoms with Crippen LogP contribution in [0.15, 0.2) is 79.6 Å². The Bertz CT molecular complexity index is 1300. The summed E-state index contributed by atoms with van der Waals surface area (Å²) in [4.78, 5) is 3.74. The highest BCUT2D eigenvalue weighted by Gasteiger charge is 2.22. The molecule has 0 bridgehead atoms. The van der Waals surface area contributed by atoms with Gasteiger partial charge in [0.2, 0.25) is 0 Å². The van der Waals surface area contributed by atoms with Crippen LogP contribution in [-0.4, -0.2) is 48.7 Å². The number of methoxy groups -OCH3 is 1. The van der Waals surface area contributed by atoms with Gasteiger partial charge in [0.15, 0.2) is 0 Å². The van der Waals surface area contributed by atoms with E-state index in [2.05, 4.69) is 78.7 Å². The van der Waals surface area contributed by atoms with Crippen LogP contribution in [0.1, 0.15) is 53.6 Å². The Morgan fingerprint density at radius 3 is 2.27 bits per heavy atom. The lowest BCUT2D eigenvalue weighted by molar-refractivity contribution is 0.146. The summed E-state index contributed by atoms with van der Waals surface area (Å²) >= 11 is 6.38. The minimum atomic E-state index is -0.527. The van der Waals surface area contributed by atoms with E-state index in [0.717, 1.165) is 41.8 Å². The molecule has 0 amide bonds. The normalized spacial score (nSPS) is 12.0. The average Bonchev–Trinajstić information content (AvgIpc) is 3.31. The fraction of sp³-hybridized carbons (Fsp3) is 0.353. The number of aliphatic hydroxyl groups is 2. The second kappa shape index (κ2) is 18.2. The highest BCUT2D eigenvalue weighted by Crippen LogP contribution is 2.36. The number of hydrogen-bond acceptors (Lipinski definition) is 5. The monoisotopic (exact) mass is 580 g/mol. The quantitative estimate of drug-likeness (QED) is 0.138. The average molecular weight is 581 g/mol. The van der Waals surface area contributed by atoms with Gasteiger partial charge in [-0.25, -0.2) is 0 Å². The van der Waals surface area contributed by atoms with Crippen LogP contribution in [0.5, 0.6) is 5.75 Å². The molecule has 7 heteroatoms. The SMILES string of the molecule is C=CO.CCCc1c(C(Cc2ccc(C)cc2)c2ccc(OCCC(O)CN)cc2)[nH]c2ccc(Cl)cc12.COC. The van der Waals surface area contributed by atoms with Gasteiger partial charge in [0.25, 0.3) is 0 Å². The molecule has 0 aliphatic carbocycles. The van der Waals surface area contributed by atoms with Crippen LogP contribution in [-0.2, 0) is 17.6 Å². The van der Waals surface area contributed by atoms with Crippen molar-refractivity contribution in [2.75, 3.05) is 27.4 Å². The van der Waals surface area contributed by atoms with Gasteiger partial charge in [-0.05, 0) is 66.8 Å². The topological polar surface area (TPSA) is 101 Å². The fourth-order valence-electron chi connectivity index (χ4n) is 4.63. The lowest BCUT2D eigenvalue weighted by Gasteiger charge is -2.20. The van der Waals surface area contributed by atoms with Crippen molar-refractivity contribution in [2.24, 2.45) is 5.73 Å². The van der Waals surface area contributed by atoms with Gasteiger partial charge < -0.3 is 30.4 Å². The van der Waals surface area contributed by atoms with Crippen molar-refractivity contribution in [3.05, 3.63) is 113 Å². The van der Waals surface area contributed by atoms with Gasteiger partial charge >= 0.3 is 0 Å². The molecule has 0 aliphatic heterocycles. The number of aromatic amines is 1. The summed E-state index contributed by atoms with van der Waals surface area (Å²) in [6.07, 6.45) is 3.68. The first-order chi connectivity index (χ1) is 19.8. The molecule has 6 nitrogen and oxygen atoms in total. The van der Waals surface area contributed by atoms with Gasteiger partial charge in [-0.15, -0.1) is 0 Å². The van der Waals surface area contributed by atoms with Gasteiger partial charge in [-0.1, -0.05) is 73.5 Å². The van der Waals surface area contributed by atoms with Crippen molar-refractivity contribution in [3.63, 3.8) is 0 Å². The van der Waals surface area contributed by atoms with Crippen LogP contribution in [0, 0.1) is 6.92 Å². The number of ether oxygens (including phenoxy) is 2. The first kappa shape index (κ1) is 33.9. The molecule has 2 unspecified atom stereocenters. The summed E-state index contributed by atoms with van der Waals surface area (Å²) in [6, 6.07) is 23.3. The lowest BCUT2D eigenvalue weighted by Crippen LogP contribution is -2.21. The van der Waals surface area contributed by atoms with E-state index in [9.17, 15) is 5.11 Å². The van der Waals surface area contributed by atoms with Crippen molar-refractivity contribution in [3.8, 4) is 5.75 Å². The van der Waals surface area contributed by atoms with Crippen LogP contribution in [0.3, 0.4) is 0 Å². The van der Waals surface area contributed by atoms with E-state index < -0.39 is 6.10 Å². The van der Waals surface area contributed by atoms with E-state index in [0.29, 0.717) is 13.0 Å². The van der Waals surface area contributed by atoms with Crippen LogP contribution in [0.25, 0.3) is 10.9 Å². The molecule has 0 radical (unpaired) electrons. The molecule has 0 saturated heterocycles. The molecular formula is C34H45ClN2O4. The number of hydrogen-bond donors (Lipinski definition) is 4. The molecule has 5 N–H and O–H groups in total. The predicted octanol–water partition coefficient (Wildman–Crippen LogP) is 7.50. The molecule has 0 spiro atoms. The van der Waals surface area contributed by atoms with Gasteiger partial charge in [-0.2, -0.15) is 0 Å². The number of aliphatic hydroxyl groups excluding tert-OH is 2. The first-order valence-corrected chi connectivity index (χ1v) is 14.3. The number of rotatable bonds is 11. The Morgan fingerprint density at radius 2 is 1.68 bits per heavy atom. The van der Waals surface area contributed by atoms with E-state index in [4.69, 9.17) is 27.2 Å². The molecular weight excluding hydrogens is 536 g/mol. The van der Waals surface area contributed by atoms with E-state index in [1.54, 1.807) is 14.2 Å². The van der Waals surface area contributed by atoms with Crippen molar-refractivity contribution < 1.29 is 19.7 Å². The number of H-pyrrole nitrogens is 1. The third-order valence-corrected chi connectivity index (χ3v) is 6.82.